The lowest BCUT2D eigenvalue weighted by atomic mass is 10.1. The molecule has 0 bridgehead atoms. The average Bonchev–Trinajstić information content (AvgIpc) is 2.73. The van der Waals surface area contributed by atoms with E-state index in [1.165, 1.54) is 5.69 Å². The Morgan fingerprint density at radius 2 is 1.83 bits per heavy atom. The van der Waals surface area contributed by atoms with Crippen LogP contribution in [0.5, 0.6) is 0 Å². The fraction of sp³-hybridized carbons (Fsp3) is 0.545. The number of anilines is 2. The van der Waals surface area contributed by atoms with Gasteiger partial charge in [-0.15, -0.1) is 0 Å². The number of aryl methyl sites for hydroxylation is 1. The van der Waals surface area contributed by atoms with Gasteiger partial charge in [-0.3, -0.25) is 0 Å². The molecule has 3 rings (SSSR count). The molecule has 2 aromatic rings. The van der Waals surface area contributed by atoms with Crippen LogP contribution in [0.2, 0.25) is 0 Å². The van der Waals surface area contributed by atoms with Crippen LogP contribution in [-0.4, -0.2) is 91.4 Å². The molecule has 1 aliphatic rings. The zero-order valence-electron chi connectivity index (χ0n) is 17.9. The lowest BCUT2D eigenvalue weighted by molar-refractivity contribution is 0.221. The van der Waals surface area contributed by atoms with E-state index in [9.17, 15) is 0 Å². The van der Waals surface area contributed by atoms with Crippen LogP contribution < -0.4 is 10.2 Å². The Morgan fingerprint density at radius 1 is 1.10 bits per heavy atom. The van der Waals surface area contributed by atoms with Crippen molar-refractivity contribution in [1.82, 2.24) is 19.8 Å². The van der Waals surface area contributed by atoms with Gasteiger partial charge < -0.3 is 25.1 Å². The Balaban J connectivity index is 1.60. The smallest absolute Gasteiger partial charge is 0.161 e. The molecule has 0 saturated carbocycles. The summed E-state index contributed by atoms with van der Waals surface area (Å²) in [5.74, 6) is 1.64. The number of hydrogen-bond acceptors (Lipinski definition) is 7. The maximum absolute atomic E-state index is 8.97. The minimum Gasteiger partial charge on any atom is -0.395 e. The van der Waals surface area contributed by atoms with Crippen LogP contribution in [0.25, 0.3) is 11.4 Å². The van der Waals surface area contributed by atoms with Crippen LogP contribution in [0.15, 0.2) is 30.5 Å². The van der Waals surface area contributed by atoms with Crippen molar-refractivity contribution in [3.8, 4) is 11.4 Å². The van der Waals surface area contributed by atoms with E-state index in [0.29, 0.717) is 6.54 Å². The molecule has 29 heavy (non-hydrogen) atoms. The quantitative estimate of drug-likeness (QED) is 0.626. The van der Waals surface area contributed by atoms with Gasteiger partial charge in [0, 0.05) is 62.3 Å². The van der Waals surface area contributed by atoms with Gasteiger partial charge in [0.1, 0.15) is 5.82 Å². The van der Waals surface area contributed by atoms with Crippen LogP contribution in [0.3, 0.4) is 0 Å². The second kappa shape index (κ2) is 10.5. The van der Waals surface area contributed by atoms with Gasteiger partial charge >= 0.3 is 0 Å². The van der Waals surface area contributed by atoms with Crippen LogP contribution in [0.4, 0.5) is 11.5 Å². The summed E-state index contributed by atoms with van der Waals surface area (Å²) >= 11 is 0. The fourth-order valence-electron chi connectivity index (χ4n) is 3.48. The molecule has 0 radical (unpaired) electrons. The summed E-state index contributed by atoms with van der Waals surface area (Å²) in [5.41, 5.74) is 3.35. The summed E-state index contributed by atoms with van der Waals surface area (Å²) in [5, 5.41) is 12.4. The molecule has 2 heterocycles. The number of nitrogens with zero attached hydrogens (tertiary/aromatic N) is 5. The molecule has 7 nitrogen and oxygen atoms in total. The zero-order chi connectivity index (χ0) is 20.6. The monoisotopic (exact) mass is 398 g/mol. The third-order valence-electron chi connectivity index (χ3n) is 5.46. The molecule has 0 spiro atoms. The highest BCUT2D eigenvalue weighted by atomic mass is 16.3. The normalized spacial score (nSPS) is 15.1. The van der Waals surface area contributed by atoms with Crippen molar-refractivity contribution < 1.29 is 5.11 Å². The predicted molar refractivity (Wildman–Crippen MR) is 120 cm³/mol. The SMILES string of the molecule is Cc1cnc(-c2ccc(N3CCN(C)CC3)cc2)nc1NCCCN(C)CCO. The van der Waals surface area contributed by atoms with Gasteiger partial charge in [0.25, 0.3) is 0 Å². The molecule has 7 heteroatoms. The van der Waals surface area contributed by atoms with Crippen LogP contribution in [-0.2, 0) is 0 Å². The Kier molecular flexibility index (Phi) is 7.80. The number of aliphatic hydroxyl groups excluding tert-OH is 1. The second-order valence-electron chi connectivity index (χ2n) is 7.87. The second-order valence-corrected chi connectivity index (χ2v) is 7.87. The van der Waals surface area contributed by atoms with Gasteiger partial charge in [0.15, 0.2) is 5.82 Å². The molecule has 1 fully saturated rings. The van der Waals surface area contributed by atoms with Crippen molar-refractivity contribution in [1.29, 1.82) is 0 Å². The van der Waals surface area contributed by atoms with Crippen molar-refractivity contribution in [3.63, 3.8) is 0 Å². The third kappa shape index (κ3) is 6.13. The molecular weight excluding hydrogens is 364 g/mol. The van der Waals surface area contributed by atoms with Gasteiger partial charge in [-0.25, -0.2) is 9.97 Å². The Morgan fingerprint density at radius 3 is 2.52 bits per heavy atom. The average molecular weight is 399 g/mol. The molecule has 2 N–H and O–H groups in total. The molecular formula is C22H34N6O. The number of aromatic nitrogens is 2. The predicted octanol–water partition coefficient (Wildman–Crippen LogP) is 1.93. The third-order valence-corrected chi connectivity index (χ3v) is 5.46. The highest BCUT2D eigenvalue weighted by Gasteiger charge is 2.14. The Bertz CT molecular complexity index is 758. The van der Waals surface area contributed by atoms with Gasteiger partial charge in [-0.05, 0) is 58.3 Å². The first-order chi connectivity index (χ1) is 14.1. The highest BCUT2D eigenvalue weighted by molar-refractivity contribution is 5.62. The first kappa shape index (κ1) is 21.5. The Labute approximate surface area is 174 Å². The minimum absolute atomic E-state index is 0.200. The van der Waals surface area contributed by atoms with Gasteiger partial charge in [0.05, 0.1) is 6.61 Å². The van der Waals surface area contributed by atoms with E-state index in [1.807, 2.05) is 20.2 Å². The maximum Gasteiger partial charge on any atom is 0.161 e. The van der Waals surface area contributed by atoms with E-state index in [0.717, 1.165) is 68.5 Å². The molecule has 1 aliphatic heterocycles. The summed E-state index contributed by atoms with van der Waals surface area (Å²) in [6, 6.07) is 8.58. The first-order valence-electron chi connectivity index (χ1n) is 10.5. The molecule has 1 aromatic heterocycles. The van der Waals surface area contributed by atoms with Gasteiger partial charge in [0.2, 0.25) is 0 Å². The number of aliphatic hydroxyl groups is 1. The molecule has 1 aromatic carbocycles. The fourth-order valence-corrected chi connectivity index (χ4v) is 3.48. The van der Waals surface area contributed by atoms with E-state index in [-0.39, 0.29) is 6.61 Å². The van der Waals surface area contributed by atoms with E-state index < -0.39 is 0 Å². The van der Waals surface area contributed by atoms with Crippen LogP contribution in [0, 0.1) is 6.92 Å². The Hall–Kier alpha value is -2.22. The molecule has 1 saturated heterocycles. The molecule has 0 amide bonds. The lowest BCUT2D eigenvalue weighted by Crippen LogP contribution is -2.44. The van der Waals surface area contributed by atoms with Crippen molar-refractivity contribution in [3.05, 3.63) is 36.0 Å². The van der Waals surface area contributed by atoms with Crippen molar-refractivity contribution in [2.75, 3.05) is 76.7 Å². The number of piperazine rings is 1. The van der Waals surface area contributed by atoms with E-state index in [4.69, 9.17) is 10.1 Å². The minimum atomic E-state index is 0.200. The van der Waals surface area contributed by atoms with Crippen molar-refractivity contribution in [2.24, 2.45) is 0 Å². The molecule has 0 aliphatic carbocycles. The van der Waals surface area contributed by atoms with E-state index in [2.05, 4.69) is 56.3 Å². The number of benzene rings is 1. The number of rotatable bonds is 9. The largest absolute Gasteiger partial charge is 0.395 e. The van der Waals surface area contributed by atoms with Crippen molar-refractivity contribution in [2.45, 2.75) is 13.3 Å². The summed E-state index contributed by atoms with van der Waals surface area (Å²) in [4.78, 5) is 16.2. The topological polar surface area (TPSA) is 67.8 Å². The number of likely N-dealkylation sites (N-methyl/N-ethyl adjacent to an activating group) is 2. The number of nitrogens with one attached hydrogen (secondary N) is 1. The molecule has 158 valence electrons. The molecule has 0 unspecified atom stereocenters. The highest BCUT2D eigenvalue weighted by Crippen LogP contribution is 2.23. The van der Waals surface area contributed by atoms with E-state index in [1.54, 1.807) is 0 Å². The summed E-state index contributed by atoms with van der Waals surface area (Å²) in [7, 11) is 4.20. The first-order valence-corrected chi connectivity index (χ1v) is 10.5. The van der Waals surface area contributed by atoms with E-state index >= 15 is 0 Å². The lowest BCUT2D eigenvalue weighted by Gasteiger charge is -2.34. The maximum atomic E-state index is 8.97. The standard InChI is InChI=1S/C22H34N6O/c1-18-17-24-22(25-21(18)23-9-4-10-26(2)15-16-29)19-5-7-20(8-6-19)28-13-11-27(3)12-14-28/h5-8,17,29H,4,9-16H2,1-3H3,(H,23,24,25). The summed E-state index contributed by atoms with van der Waals surface area (Å²) in [6.07, 6.45) is 2.88. The zero-order valence-corrected chi connectivity index (χ0v) is 17.9. The number of hydrogen-bond donors (Lipinski definition) is 2. The van der Waals surface area contributed by atoms with Crippen LogP contribution in [0.1, 0.15) is 12.0 Å². The molecule has 0 atom stereocenters. The van der Waals surface area contributed by atoms with Gasteiger partial charge in [-0.1, -0.05) is 0 Å². The summed E-state index contributed by atoms with van der Waals surface area (Å²) < 4.78 is 0. The van der Waals surface area contributed by atoms with Crippen molar-refractivity contribution >= 4 is 11.5 Å². The van der Waals surface area contributed by atoms with Crippen LogP contribution >= 0.6 is 0 Å². The van der Waals surface area contributed by atoms with Gasteiger partial charge in [-0.2, -0.15) is 0 Å². The summed E-state index contributed by atoms with van der Waals surface area (Å²) in [6.45, 7) is 9.07.